The maximum Gasteiger partial charge on any atom is 0.234 e. The summed E-state index contributed by atoms with van der Waals surface area (Å²) in [7, 11) is 1.52. The van der Waals surface area contributed by atoms with Gasteiger partial charge in [-0.1, -0.05) is 41.6 Å². The number of nitrogens with zero attached hydrogens (tertiary/aromatic N) is 3. The van der Waals surface area contributed by atoms with E-state index in [-0.39, 0.29) is 24.0 Å². The number of methoxy groups -OCH3 is 1. The second kappa shape index (κ2) is 10.8. The quantitative estimate of drug-likeness (QED) is 0.471. The summed E-state index contributed by atoms with van der Waals surface area (Å²) >= 11 is 7.24. The van der Waals surface area contributed by atoms with Crippen LogP contribution in [-0.2, 0) is 22.6 Å². The lowest BCUT2D eigenvalue weighted by Crippen LogP contribution is -2.18. The number of ether oxygens (including phenoxy) is 1. The fraction of sp³-hybridized carbons (Fsp3) is 0.238. The highest BCUT2D eigenvalue weighted by molar-refractivity contribution is 7.99. The molecule has 0 saturated heterocycles. The summed E-state index contributed by atoms with van der Waals surface area (Å²) in [6.07, 6.45) is 0.0855. The lowest BCUT2D eigenvalue weighted by atomic mass is 10.3. The highest BCUT2D eigenvalue weighted by Gasteiger charge is 2.16. The normalized spacial score (nSPS) is 10.5. The van der Waals surface area contributed by atoms with Crippen molar-refractivity contribution in [1.29, 1.82) is 0 Å². The zero-order valence-corrected chi connectivity index (χ0v) is 18.7. The van der Waals surface area contributed by atoms with Crippen LogP contribution in [0, 0.1) is 0 Å². The molecule has 0 fully saturated rings. The highest BCUT2D eigenvalue weighted by atomic mass is 35.5. The average molecular weight is 460 g/mol. The van der Waals surface area contributed by atoms with Crippen LogP contribution in [0.1, 0.15) is 12.7 Å². The second-order valence-electron chi connectivity index (χ2n) is 6.42. The van der Waals surface area contributed by atoms with Gasteiger partial charge in [-0.15, -0.1) is 10.2 Å². The maximum atomic E-state index is 12.4. The Balaban J connectivity index is 1.60. The number of aromatic nitrogens is 3. The molecule has 2 aromatic carbocycles. The minimum Gasteiger partial charge on any atom is -0.495 e. The van der Waals surface area contributed by atoms with E-state index in [0.717, 1.165) is 5.69 Å². The number of carbonyl (C=O) groups excluding carboxylic acids is 2. The monoisotopic (exact) mass is 459 g/mol. The summed E-state index contributed by atoms with van der Waals surface area (Å²) in [6.45, 7) is 2.51. The number of para-hydroxylation sites is 1. The number of benzene rings is 2. The van der Waals surface area contributed by atoms with E-state index >= 15 is 0 Å². The van der Waals surface area contributed by atoms with Crippen LogP contribution in [0.4, 0.5) is 11.4 Å². The van der Waals surface area contributed by atoms with Crippen LogP contribution in [0.25, 0.3) is 0 Å². The van der Waals surface area contributed by atoms with Crippen molar-refractivity contribution in [3.63, 3.8) is 0 Å². The second-order valence-corrected chi connectivity index (χ2v) is 7.79. The number of halogens is 1. The topological polar surface area (TPSA) is 98.1 Å². The van der Waals surface area contributed by atoms with Crippen LogP contribution < -0.4 is 15.4 Å². The van der Waals surface area contributed by atoms with Gasteiger partial charge in [-0.2, -0.15) is 0 Å². The van der Waals surface area contributed by atoms with Gasteiger partial charge in [0, 0.05) is 17.3 Å². The van der Waals surface area contributed by atoms with Crippen molar-refractivity contribution in [2.75, 3.05) is 23.5 Å². The van der Waals surface area contributed by atoms with Crippen molar-refractivity contribution in [2.24, 2.45) is 0 Å². The Morgan fingerprint density at radius 2 is 1.87 bits per heavy atom. The van der Waals surface area contributed by atoms with Crippen LogP contribution in [0.3, 0.4) is 0 Å². The Morgan fingerprint density at radius 3 is 2.58 bits per heavy atom. The molecule has 0 saturated carbocycles. The van der Waals surface area contributed by atoms with E-state index in [1.54, 1.807) is 18.2 Å². The van der Waals surface area contributed by atoms with Gasteiger partial charge in [0.15, 0.2) is 5.16 Å². The number of nitrogens with one attached hydrogen (secondary N) is 2. The minimum atomic E-state index is -0.236. The van der Waals surface area contributed by atoms with Gasteiger partial charge in [0.2, 0.25) is 11.8 Å². The van der Waals surface area contributed by atoms with Crippen molar-refractivity contribution < 1.29 is 14.3 Å². The van der Waals surface area contributed by atoms with Gasteiger partial charge in [0.25, 0.3) is 0 Å². The summed E-state index contributed by atoms with van der Waals surface area (Å²) in [6, 6.07) is 14.2. The van der Waals surface area contributed by atoms with Crippen molar-refractivity contribution in [3.8, 4) is 5.75 Å². The average Bonchev–Trinajstić information content (AvgIpc) is 3.14. The van der Waals surface area contributed by atoms with E-state index in [9.17, 15) is 9.59 Å². The number of amides is 2. The van der Waals surface area contributed by atoms with Gasteiger partial charge in [-0.05, 0) is 37.3 Å². The number of rotatable bonds is 9. The molecule has 0 aliphatic heterocycles. The molecule has 0 bridgehead atoms. The Morgan fingerprint density at radius 1 is 1.10 bits per heavy atom. The van der Waals surface area contributed by atoms with Crippen molar-refractivity contribution >= 4 is 46.6 Å². The zero-order chi connectivity index (χ0) is 22.2. The van der Waals surface area contributed by atoms with Crippen molar-refractivity contribution in [1.82, 2.24) is 14.8 Å². The summed E-state index contributed by atoms with van der Waals surface area (Å²) < 4.78 is 7.06. The van der Waals surface area contributed by atoms with Gasteiger partial charge < -0.3 is 19.9 Å². The summed E-state index contributed by atoms with van der Waals surface area (Å²) in [5.41, 5.74) is 1.22. The lowest BCUT2D eigenvalue weighted by molar-refractivity contribution is -0.116. The van der Waals surface area contributed by atoms with Crippen molar-refractivity contribution in [3.05, 3.63) is 59.4 Å². The summed E-state index contributed by atoms with van der Waals surface area (Å²) in [5, 5.41) is 15.0. The Hall–Kier alpha value is -3.04. The number of hydrogen-bond donors (Lipinski definition) is 2. The van der Waals surface area contributed by atoms with Crippen molar-refractivity contribution in [2.45, 2.75) is 25.0 Å². The fourth-order valence-corrected chi connectivity index (χ4v) is 3.83. The standard InChI is InChI=1S/C21H22ClN5O3S/c1-3-27-18(12-19(28)23-15-7-5-4-6-8-15)25-26-21(27)31-13-20(29)24-16-11-14(22)9-10-17(16)30-2/h4-11H,3,12-13H2,1-2H3,(H,23,28)(H,24,29). The fourth-order valence-electron chi connectivity index (χ4n) is 2.84. The molecule has 1 aromatic heterocycles. The van der Waals surface area contributed by atoms with E-state index in [2.05, 4.69) is 20.8 Å². The molecule has 8 nitrogen and oxygen atoms in total. The molecule has 31 heavy (non-hydrogen) atoms. The first-order valence-electron chi connectivity index (χ1n) is 9.53. The molecule has 0 aliphatic rings. The van der Waals surface area contributed by atoms with E-state index in [1.165, 1.54) is 18.9 Å². The Labute approximate surface area is 189 Å². The molecular formula is C21H22ClN5O3S. The first kappa shape index (κ1) is 22.6. The van der Waals surface area contributed by atoms with E-state index in [4.69, 9.17) is 16.3 Å². The predicted octanol–water partition coefficient (Wildman–Crippen LogP) is 3.87. The largest absolute Gasteiger partial charge is 0.495 e. The minimum absolute atomic E-state index is 0.0855. The van der Waals surface area contributed by atoms with Crippen LogP contribution in [-0.4, -0.2) is 39.4 Å². The Bertz CT molecular complexity index is 1060. The number of carbonyl (C=O) groups is 2. The molecule has 2 N–H and O–H groups in total. The van der Waals surface area contributed by atoms with Crippen LogP contribution >= 0.6 is 23.4 Å². The summed E-state index contributed by atoms with van der Waals surface area (Å²) in [5.74, 6) is 0.751. The van der Waals surface area contributed by atoms with Gasteiger partial charge in [-0.25, -0.2) is 0 Å². The molecule has 162 valence electrons. The van der Waals surface area contributed by atoms with Gasteiger partial charge in [0.05, 0.1) is 25.0 Å². The molecule has 0 atom stereocenters. The van der Waals surface area contributed by atoms with E-state index in [0.29, 0.717) is 34.0 Å². The first-order chi connectivity index (χ1) is 15.0. The van der Waals surface area contributed by atoms with Gasteiger partial charge in [-0.3, -0.25) is 9.59 Å². The third-order valence-corrected chi connectivity index (χ3v) is 5.46. The molecule has 0 spiro atoms. The first-order valence-corrected chi connectivity index (χ1v) is 10.9. The molecule has 1 heterocycles. The van der Waals surface area contributed by atoms with E-state index < -0.39 is 0 Å². The highest BCUT2D eigenvalue weighted by Crippen LogP contribution is 2.28. The smallest absolute Gasteiger partial charge is 0.234 e. The van der Waals surface area contributed by atoms with E-state index in [1.807, 2.05) is 41.8 Å². The molecule has 0 aliphatic carbocycles. The van der Waals surface area contributed by atoms with Gasteiger partial charge in [0.1, 0.15) is 11.6 Å². The number of thioether (sulfide) groups is 1. The maximum absolute atomic E-state index is 12.4. The molecule has 10 heteroatoms. The molecule has 3 rings (SSSR count). The summed E-state index contributed by atoms with van der Waals surface area (Å²) in [4.78, 5) is 24.7. The SMILES string of the molecule is CCn1c(CC(=O)Nc2ccccc2)nnc1SCC(=O)Nc1cc(Cl)ccc1OC. The van der Waals surface area contributed by atoms with Crippen LogP contribution in [0.15, 0.2) is 53.7 Å². The molecule has 0 radical (unpaired) electrons. The number of anilines is 2. The Kier molecular flexibility index (Phi) is 7.91. The third kappa shape index (κ3) is 6.22. The molecule has 3 aromatic rings. The number of hydrogen-bond acceptors (Lipinski definition) is 6. The molecular weight excluding hydrogens is 438 g/mol. The molecule has 0 unspecified atom stereocenters. The zero-order valence-electron chi connectivity index (χ0n) is 17.1. The van der Waals surface area contributed by atoms with Crippen LogP contribution in [0.2, 0.25) is 5.02 Å². The lowest BCUT2D eigenvalue weighted by Gasteiger charge is -2.11. The molecule has 2 amide bonds. The predicted molar refractivity (Wildman–Crippen MR) is 122 cm³/mol. The van der Waals surface area contributed by atoms with Crippen LogP contribution in [0.5, 0.6) is 5.75 Å². The van der Waals surface area contributed by atoms with Gasteiger partial charge >= 0.3 is 0 Å². The third-order valence-electron chi connectivity index (χ3n) is 4.25.